The topological polar surface area (TPSA) is 117 Å². The largest absolute Gasteiger partial charge is 0.503 e. The van der Waals surface area contributed by atoms with Crippen molar-refractivity contribution in [3.63, 3.8) is 0 Å². The van der Waals surface area contributed by atoms with Gasteiger partial charge in [-0.3, -0.25) is 24.1 Å². The number of hydrogen-bond acceptors (Lipinski definition) is 8. The van der Waals surface area contributed by atoms with Crippen LogP contribution in [0.2, 0.25) is 5.02 Å². The lowest BCUT2D eigenvalue weighted by Crippen LogP contribution is -2.49. The SMILES string of the molecule is COc1cc([C@H]2C3=CC[C@@H]4C(=O)N(c5ccc(N6CCOCC6)cc5)C(=O)[C@@H]4[C@@H]3C[C@H]3C(=O)N(c4ccc(F)c(Cl)c4)C(=O)[C@@]23C)c(Br)c(Br)c1O. The summed E-state index contributed by atoms with van der Waals surface area (Å²) in [7, 11) is 1.41. The van der Waals surface area contributed by atoms with E-state index in [1.807, 2.05) is 18.2 Å². The molecule has 0 spiro atoms. The molecule has 52 heavy (non-hydrogen) atoms. The fourth-order valence-electron chi connectivity index (χ4n) is 9.10. The molecule has 0 bridgehead atoms. The van der Waals surface area contributed by atoms with Gasteiger partial charge in [-0.15, -0.1) is 0 Å². The van der Waals surface area contributed by atoms with Crippen LogP contribution in [-0.4, -0.2) is 62.1 Å². The van der Waals surface area contributed by atoms with E-state index in [1.165, 1.54) is 24.1 Å². The molecule has 3 aromatic rings. The molecule has 3 aromatic carbocycles. The van der Waals surface area contributed by atoms with Gasteiger partial charge in [0, 0.05) is 29.2 Å². The van der Waals surface area contributed by atoms with Gasteiger partial charge in [-0.25, -0.2) is 9.29 Å². The third-order valence-electron chi connectivity index (χ3n) is 11.6. The Morgan fingerprint density at radius 1 is 0.904 bits per heavy atom. The molecule has 3 aliphatic heterocycles. The molecule has 4 fully saturated rings. The predicted octanol–water partition coefficient (Wildman–Crippen LogP) is 6.99. The molecule has 10 nitrogen and oxygen atoms in total. The molecule has 270 valence electrons. The number of ether oxygens (including phenoxy) is 2. The number of carbonyl (C=O) groups is 4. The van der Waals surface area contributed by atoms with E-state index in [0.29, 0.717) is 28.9 Å². The molecular weight excluding hydrogens is 825 g/mol. The number of rotatable bonds is 5. The number of carbonyl (C=O) groups excluding carboxylic acids is 4. The summed E-state index contributed by atoms with van der Waals surface area (Å²) in [5, 5.41) is 10.6. The summed E-state index contributed by atoms with van der Waals surface area (Å²) in [5.41, 5.74) is 1.49. The number of amides is 4. The number of benzene rings is 3. The number of anilines is 3. The number of nitrogens with zero attached hydrogens (tertiary/aromatic N) is 3. The van der Waals surface area contributed by atoms with Crippen LogP contribution in [0.5, 0.6) is 11.5 Å². The normalized spacial score (nSPS) is 28.5. The lowest BCUT2D eigenvalue weighted by atomic mass is 9.51. The third kappa shape index (κ3) is 5.09. The van der Waals surface area contributed by atoms with Gasteiger partial charge < -0.3 is 19.5 Å². The van der Waals surface area contributed by atoms with Gasteiger partial charge in [-0.2, -0.15) is 0 Å². The molecule has 4 amide bonds. The average Bonchev–Trinajstić information content (AvgIpc) is 3.52. The number of morpholine rings is 1. The maximum absolute atomic E-state index is 14.8. The van der Waals surface area contributed by atoms with E-state index in [9.17, 15) is 28.7 Å². The van der Waals surface area contributed by atoms with Gasteiger partial charge in [0.05, 0.1) is 64.4 Å². The van der Waals surface area contributed by atoms with Crippen molar-refractivity contribution in [1.82, 2.24) is 0 Å². The van der Waals surface area contributed by atoms with Crippen LogP contribution in [0.25, 0.3) is 0 Å². The molecule has 0 unspecified atom stereocenters. The van der Waals surface area contributed by atoms with Crippen molar-refractivity contribution >= 4 is 84.2 Å². The number of halogens is 4. The molecule has 3 heterocycles. The molecule has 1 saturated carbocycles. The zero-order valence-electron chi connectivity index (χ0n) is 28.1. The minimum absolute atomic E-state index is 0.132. The highest BCUT2D eigenvalue weighted by molar-refractivity contribution is 9.13. The monoisotopic (exact) mass is 855 g/mol. The van der Waals surface area contributed by atoms with Crippen LogP contribution in [0.4, 0.5) is 21.5 Å². The summed E-state index contributed by atoms with van der Waals surface area (Å²) in [6.45, 7) is 4.48. The second-order valence-electron chi connectivity index (χ2n) is 14.0. The van der Waals surface area contributed by atoms with E-state index in [-0.39, 0.29) is 51.3 Å². The van der Waals surface area contributed by atoms with Crippen LogP contribution in [0.3, 0.4) is 0 Å². The molecule has 3 saturated heterocycles. The molecule has 8 rings (SSSR count). The summed E-state index contributed by atoms with van der Waals surface area (Å²) in [5.74, 6) is -6.12. The minimum atomic E-state index is -1.39. The summed E-state index contributed by atoms with van der Waals surface area (Å²) in [6, 6.07) is 12.7. The van der Waals surface area contributed by atoms with Gasteiger partial charge in [0.25, 0.3) is 0 Å². The first-order valence-corrected chi connectivity index (χ1v) is 18.9. The summed E-state index contributed by atoms with van der Waals surface area (Å²) in [6.07, 6.45) is 2.34. The Morgan fingerprint density at radius 2 is 1.58 bits per heavy atom. The van der Waals surface area contributed by atoms with E-state index >= 15 is 0 Å². The fraction of sp³-hybridized carbons (Fsp3) is 0.368. The Hall–Kier alpha value is -3.78. The van der Waals surface area contributed by atoms with Crippen molar-refractivity contribution in [2.24, 2.45) is 29.1 Å². The van der Waals surface area contributed by atoms with E-state index < -0.39 is 52.6 Å². The Morgan fingerprint density at radius 3 is 2.25 bits per heavy atom. The number of aromatic hydroxyl groups is 1. The molecular formula is C38H33Br2ClFN3O7. The zero-order valence-corrected chi connectivity index (χ0v) is 32.0. The van der Waals surface area contributed by atoms with Gasteiger partial charge in [0.15, 0.2) is 11.5 Å². The molecule has 5 aliphatic rings. The maximum Gasteiger partial charge on any atom is 0.241 e. The minimum Gasteiger partial charge on any atom is -0.503 e. The number of imide groups is 2. The van der Waals surface area contributed by atoms with E-state index in [0.717, 1.165) is 35.3 Å². The predicted molar refractivity (Wildman–Crippen MR) is 198 cm³/mol. The highest BCUT2D eigenvalue weighted by Crippen LogP contribution is 2.65. The van der Waals surface area contributed by atoms with Gasteiger partial charge in [0.1, 0.15) is 5.82 Å². The van der Waals surface area contributed by atoms with Crippen LogP contribution < -0.4 is 19.4 Å². The summed E-state index contributed by atoms with van der Waals surface area (Å²) < 4.78 is 26.0. The lowest BCUT2D eigenvalue weighted by molar-refractivity contribution is -0.131. The Labute approximate surface area is 320 Å². The number of phenolic OH excluding ortho intramolecular Hbond substituents is 1. The first kappa shape index (κ1) is 35.3. The average molecular weight is 858 g/mol. The van der Waals surface area contributed by atoms with Crippen molar-refractivity contribution in [3.8, 4) is 11.5 Å². The number of allylic oxidation sites excluding steroid dienone is 2. The van der Waals surface area contributed by atoms with Crippen molar-refractivity contribution in [2.75, 3.05) is 48.1 Å². The van der Waals surface area contributed by atoms with Crippen LogP contribution in [0.1, 0.15) is 31.2 Å². The number of hydrogen-bond donors (Lipinski definition) is 1. The van der Waals surface area contributed by atoms with Crippen LogP contribution in [0, 0.1) is 34.9 Å². The Balaban J connectivity index is 1.23. The maximum atomic E-state index is 14.8. The van der Waals surface area contributed by atoms with Crippen LogP contribution in [0.15, 0.2) is 69.1 Å². The number of methoxy groups -OCH3 is 1. The summed E-state index contributed by atoms with van der Waals surface area (Å²) >= 11 is 13.2. The Bertz CT molecular complexity index is 2090. The molecule has 1 N–H and O–H groups in total. The van der Waals surface area contributed by atoms with Crippen molar-refractivity contribution < 1.29 is 38.1 Å². The summed E-state index contributed by atoms with van der Waals surface area (Å²) in [4.78, 5) is 62.4. The molecule has 6 atom stereocenters. The van der Waals surface area contributed by atoms with Crippen molar-refractivity contribution in [1.29, 1.82) is 0 Å². The second-order valence-corrected chi connectivity index (χ2v) is 16.0. The number of fused-ring (bicyclic) bond motifs is 4. The van der Waals surface area contributed by atoms with Crippen LogP contribution >= 0.6 is 43.5 Å². The van der Waals surface area contributed by atoms with Gasteiger partial charge in [-0.1, -0.05) is 23.3 Å². The Kier molecular flexibility index (Phi) is 8.79. The standard InChI is InChI=1S/C38H33Br2ClFN3O7/c1-38-25(35(48)45(37(38)50)20-7-10-27(42)26(41)15-20)16-23-21(30(38)24-17-28(51-2)33(46)32(40)31(24)39)8-9-22-29(23)36(49)44(34(22)47)19-5-3-18(4-6-19)43-11-13-52-14-12-43/h3-8,10,15,17,22-23,25,29-30,46H,9,11-14,16H2,1-2H3/t22-,23+,25-,29-,30+,38+/m0/s1. The van der Waals surface area contributed by atoms with Crippen LogP contribution in [-0.2, 0) is 23.9 Å². The van der Waals surface area contributed by atoms with E-state index in [2.05, 4.69) is 36.8 Å². The molecule has 14 heteroatoms. The molecule has 0 aromatic heterocycles. The smallest absolute Gasteiger partial charge is 0.241 e. The first-order valence-electron chi connectivity index (χ1n) is 17.0. The van der Waals surface area contributed by atoms with Gasteiger partial charge in [-0.05, 0) is 112 Å². The highest BCUT2D eigenvalue weighted by atomic mass is 79.9. The van der Waals surface area contributed by atoms with Gasteiger partial charge in [0.2, 0.25) is 23.6 Å². The molecule has 0 radical (unpaired) electrons. The highest BCUT2D eigenvalue weighted by Gasteiger charge is 2.68. The van der Waals surface area contributed by atoms with Crippen molar-refractivity contribution in [2.45, 2.75) is 25.7 Å². The second kappa shape index (κ2) is 13.0. The third-order valence-corrected chi connectivity index (χ3v) is 14.1. The molecule has 2 aliphatic carbocycles. The lowest BCUT2D eigenvalue weighted by Gasteiger charge is -2.49. The van der Waals surface area contributed by atoms with E-state index in [1.54, 1.807) is 25.1 Å². The quantitative estimate of drug-likeness (QED) is 0.216. The fourth-order valence-corrected chi connectivity index (χ4v) is 10.2. The van der Waals surface area contributed by atoms with E-state index in [4.69, 9.17) is 21.1 Å². The van der Waals surface area contributed by atoms with Crippen molar-refractivity contribution in [3.05, 3.63) is 85.5 Å². The first-order chi connectivity index (χ1) is 24.9. The zero-order chi connectivity index (χ0) is 36.8. The number of phenols is 1. The van der Waals surface area contributed by atoms with Gasteiger partial charge >= 0.3 is 0 Å².